The summed E-state index contributed by atoms with van der Waals surface area (Å²) >= 11 is 0. The Morgan fingerprint density at radius 2 is 2.11 bits per heavy atom. The van der Waals surface area contributed by atoms with E-state index in [1.54, 1.807) is 0 Å². The normalized spacial score (nSPS) is 14.3. The van der Waals surface area contributed by atoms with Crippen molar-refractivity contribution in [1.29, 1.82) is 0 Å². The molecule has 1 heterocycles. The number of rotatable bonds is 6. The number of hydrogen-bond acceptors (Lipinski definition) is 2. The third-order valence-electron chi connectivity index (χ3n) is 3.14. The van der Waals surface area contributed by atoms with Crippen LogP contribution in [0.3, 0.4) is 0 Å². The van der Waals surface area contributed by atoms with Gasteiger partial charge in [-0.15, -0.1) is 0 Å². The molecule has 1 N–H and O–H groups in total. The minimum absolute atomic E-state index is 0.281. The number of nitrogens with one attached hydrogen (secondary N) is 1. The van der Waals surface area contributed by atoms with Crippen molar-refractivity contribution < 1.29 is 0 Å². The molecule has 0 amide bonds. The lowest BCUT2D eigenvalue weighted by molar-refractivity contribution is 0.339. The molecule has 18 heavy (non-hydrogen) atoms. The van der Waals surface area contributed by atoms with Gasteiger partial charge in [0.05, 0.1) is 12.5 Å². The summed E-state index contributed by atoms with van der Waals surface area (Å²) in [4.78, 5) is 4.00. The second-order valence-corrected chi connectivity index (χ2v) is 4.55. The van der Waals surface area contributed by atoms with Gasteiger partial charge in [-0.25, -0.2) is 4.98 Å². The van der Waals surface area contributed by atoms with Gasteiger partial charge in [0.2, 0.25) is 0 Å². The summed E-state index contributed by atoms with van der Waals surface area (Å²) in [6.07, 6.45) is 9.08. The molecule has 0 fully saturated rings. The van der Waals surface area contributed by atoms with Crippen molar-refractivity contribution in [1.82, 2.24) is 14.9 Å². The molecule has 95 valence electrons. The first-order valence-corrected chi connectivity index (χ1v) is 6.51. The Labute approximate surface area is 109 Å². The van der Waals surface area contributed by atoms with Gasteiger partial charge in [0, 0.05) is 12.2 Å². The van der Waals surface area contributed by atoms with E-state index >= 15 is 0 Å². The van der Waals surface area contributed by atoms with E-state index in [9.17, 15) is 0 Å². The topological polar surface area (TPSA) is 29.9 Å². The zero-order valence-electron chi connectivity index (χ0n) is 11.0. The molecule has 0 spiro atoms. The van der Waals surface area contributed by atoms with Crippen molar-refractivity contribution in [3.63, 3.8) is 0 Å². The van der Waals surface area contributed by atoms with Crippen molar-refractivity contribution in [2.24, 2.45) is 0 Å². The highest BCUT2D eigenvalue weighted by Crippen LogP contribution is 2.18. The first-order chi connectivity index (χ1) is 8.81. The smallest absolute Gasteiger partial charge is 0.108 e. The Balaban J connectivity index is 2.05. The average molecular weight is 242 g/mol. The number of imidazole rings is 1. The molecule has 1 aromatic carbocycles. The number of hydrogen-bond donors (Lipinski definition) is 1. The minimum atomic E-state index is 0.281. The van der Waals surface area contributed by atoms with Gasteiger partial charge in [-0.3, -0.25) is 5.32 Å². The molecule has 1 radical (unpaired) electrons. The molecular weight excluding hydrogens is 222 g/mol. The van der Waals surface area contributed by atoms with Crippen LogP contribution in [0.15, 0.2) is 42.9 Å². The van der Waals surface area contributed by atoms with Crippen LogP contribution < -0.4 is 5.32 Å². The zero-order chi connectivity index (χ0) is 12.8. The summed E-state index contributed by atoms with van der Waals surface area (Å²) in [6.45, 7) is 4.39. The predicted molar refractivity (Wildman–Crippen MR) is 73.0 cm³/mol. The van der Waals surface area contributed by atoms with Crippen molar-refractivity contribution in [3.8, 4) is 0 Å². The number of benzene rings is 1. The van der Waals surface area contributed by atoms with Gasteiger partial charge >= 0.3 is 0 Å². The molecule has 0 aliphatic heterocycles. The molecule has 0 saturated heterocycles. The second kappa shape index (κ2) is 6.36. The van der Waals surface area contributed by atoms with Crippen LogP contribution in [-0.4, -0.2) is 9.55 Å². The summed E-state index contributed by atoms with van der Waals surface area (Å²) in [5.74, 6) is 0. The van der Waals surface area contributed by atoms with Crippen molar-refractivity contribution >= 4 is 0 Å². The van der Waals surface area contributed by atoms with Gasteiger partial charge in [0.25, 0.3) is 0 Å². The zero-order valence-corrected chi connectivity index (χ0v) is 11.0. The maximum absolute atomic E-state index is 4.00. The maximum atomic E-state index is 4.00. The van der Waals surface area contributed by atoms with Crippen LogP contribution in [0.4, 0.5) is 0 Å². The highest BCUT2D eigenvalue weighted by Gasteiger charge is 2.13. The van der Waals surface area contributed by atoms with Crippen molar-refractivity contribution in [2.45, 2.75) is 38.9 Å². The van der Waals surface area contributed by atoms with E-state index in [1.807, 2.05) is 18.6 Å². The lowest BCUT2D eigenvalue weighted by Gasteiger charge is -2.24. The van der Waals surface area contributed by atoms with E-state index in [-0.39, 0.29) is 6.17 Å². The Morgan fingerprint density at radius 1 is 1.33 bits per heavy atom. The lowest BCUT2D eigenvalue weighted by atomic mass is 10.1. The van der Waals surface area contributed by atoms with Crippen molar-refractivity contribution in [2.75, 3.05) is 0 Å². The maximum Gasteiger partial charge on any atom is 0.108 e. The number of nitrogens with zero attached hydrogens (tertiary/aromatic N) is 2. The Hall–Kier alpha value is -1.61. The largest absolute Gasteiger partial charge is 0.321 e. The molecule has 0 bridgehead atoms. The molecule has 2 rings (SSSR count). The van der Waals surface area contributed by atoms with E-state index < -0.39 is 0 Å². The van der Waals surface area contributed by atoms with Crippen LogP contribution in [0.2, 0.25) is 0 Å². The summed E-state index contributed by atoms with van der Waals surface area (Å²) in [5, 5.41) is 3.64. The van der Waals surface area contributed by atoms with Crippen LogP contribution in [0, 0.1) is 6.20 Å². The third kappa shape index (κ3) is 3.20. The van der Waals surface area contributed by atoms with Gasteiger partial charge in [-0.2, -0.15) is 0 Å². The lowest BCUT2D eigenvalue weighted by Crippen LogP contribution is -2.28. The predicted octanol–water partition coefficient (Wildman–Crippen LogP) is 3.33. The van der Waals surface area contributed by atoms with Gasteiger partial charge in [0.1, 0.15) is 6.20 Å². The molecule has 1 aromatic heterocycles. The highest BCUT2D eigenvalue weighted by atomic mass is 15.2. The molecule has 2 atom stereocenters. The molecule has 3 nitrogen and oxygen atoms in total. The average Bonchev–Trinajstić information content (AvgIpc) is 2.93. The van der Waals surface area contributed by atoms with Crippen LogP contribution in [0.1, 0.15) is 44.5 Å². The van der Waals surface area contributed by atoms with Crippen molar-refractivity contribution in [3.05, 3.63) is 54.6 Å². The highest BCUT2D eigenvalue weighted by molar-refractivity contribution is 5.18. The molecular formula is C15H20N3. The van der Waals surface area contributed by atoms with Gasteiger partial charge in [-0.05, 0) is 18.9 Å². The van der Waals surface area contributed by atoms with Gasteiger partial charge < -0.3 is 4.57 Å². The quantitative estimate of drug-likeness (QED) is 0.842. The fourth-order valence-electron chi connectivity index (χ4n) is 2.12. The second-order valence-electron chi connectivity index (χ2n) is 4.55. The third-order valence-corrected chi connectivity index (χ3v) is 3.14. The molecule has 0 aliphatic carbocycles. The van der Waals surface area contributed by atoms with Crippen LogP contribution in [-0.2, 0) is 0 Å². The standard InChI is InChI=1S/C15H20N3/c1-3-7-15(18-11-10-16-12-18)17-13(2)14-8-5-4-6-9-14/h4-6,8-9,11-13,15,17H,3,7H2,1-2H3/t13-,15?/m0/s1. The van der Waals surface area contributed by atoms with E-state index in [0.717, 1.165) is 12.8 Å². The van der Waals surface area contributed by atoms with E-state index in [0.29, 0.717) is 6.04 Å². The van der Waals surface area contributed by atoms with E-state index in [2.05, 4.69) is 59.2 Å². The molecule has 0 aliphatic rings. The molecule has 0 saturated carbocycles. The SMILES string of the molecule is CCCC(N[C@@H](C)c1ccccc1)n1c[c]nc1. The van der Waals surface area contributed by atoms with Crippen LogP contribution in [0.5, 0.6) is 0 Å². The van der Waals surface area contributed by atoms with Gasteiger partial charge in [-0.1, -0.05) is 43.7 Å². The summed E-state index contributed by atoms with van der Waals surface area (Å²) in [7, 11) is 0. The summed E-state index contributed by atoms with van der Waals surface area (Å²) < 4.78 is 2.09. The molecule has 3 heteroatoms. The Bertz CT molecular complexity index is 436. The molecule has 2 aromatic rings. The van der Waals surface area contributed by atoms with E-state index in [4.69, 9.17) is 0 Å². The van der Waals surface area contributed by atoms with Gasteiger partial charge in [0.15, 0.2) is 0 Å². The summed E-state index contributed by atoms with van der Waals surface area (Å²) in [6, 6.07) is 10.8. The monoisotopic (exact) mass is 242 g/mol. The number of aromatic nitrogens is 2. The fraction of sp³-hybridized carbons (Fsp3) is 0.400. The summed E-state index contributed by atoms with van der Waals surface area (Å²) in [5.41, 5.74) is 1.31. The Kier molecular flexibility index (Phi) is 4.53. The van der Waals surface area contributed by atoms with Crippen LogP contribution in [0.25, 0.3) is 0 Å². The fourth-order valence-corrected chi connectivity index (χ4v) is 2.12. The molecule has 1 unspecified atom stereocenters. The minimum Gasteiger partial charge on any atom is -0.321 e. The Morgan fingerprint density at radius 3 is 2.72 bits per heavy atom. The first-order valence-electron chi connectivity index (χ1n) is 6.51. The first kappa shape index (κ1) is 12.8. The van der Waals surface area contributed by atoms with E-state index in [1.165, 1.54) is 5.56 Å². The van der Waals surface area contributed by atoms with Crippen LogP contribution >= 0.6 is 0 Å².